The molecule has 0 aliphatic carbocycles. The summed E-state index contributed by atoms with van der Waals surface area (Å²) in [7, 11) is 1.76. The molecule has 110 valence electrons. The summed E-state index contributed by atoms with van der Waals surface area (Å²) in [5.41, 5.74) is 7.67. The van der Waals surface area contributed by atoms with E-state index in [4.69, 9.17) is 5.73 Å². The smallest absolute Gasteiger partial charge is 0.236 e. The first kappa shape index (κ1) is 15.6. The van der Waals surface area contributed by atoms with Gasteiger partial charge in [-0.25, -0.2) is 0 Å². The van der Waals surface area contributed by atoms with Crippen LogP contribution < -0.4 is 10.6 Å². The van der Waals surface area contributed by atoms with Crippen LogP contribution in [0.15, 0.2) is 53.0 Å². The van der Waals surface area contributed by atoms with Crippen LogP contribution in [-0.4, -0.2) is 13.0 Å². The van der Waals surface area contributed by atoms with Gasteiger partial charge in [-0.2, -0.15) is 0 Å². The Morgan fingerprint density at radius 3 is 2.33 bits per heavy atom. The molecule has 2 aromatic rings. The number of carbonyl (C=O) groups is 1. The Hall–Kier alpha value is -1.81. The Balaban J connectivity index is 2.35. The Labute approximate surface area is 133 Å². The number of rotatable bonds is 3. The molecule has 0 spiro atoms. The standard InChI is InChI=1S/C17H19BrN2O/c1-17(2,12-7-5-4-6-8-12)16(21)20(3)15-10-9-13(18)11-14(15)19/h4-11H,19H2,1-3H3. The number of carbonyl (C=O) groups excluding carboxylic acids is 1. The van der Waals surface area contributed by atoms with Crippen molar-refractivity contribution in [3.8, 4) is 0 Å². The first-order valence-corrected chi connectivity index (χ1v) is 7.52. The summed E-state index contributed by atoms with van der Waals surface area (Å²) in [5, 5.41) is 0. The number of halogens is 1. The Bertz CT molecular complexity index is 653. The Morgan fingerprint density at radius 2 is 1.76 bits per heavy atom. The molecular weight excluding hydrogens is 328 g/mol. The monoisotopic (exact) mass is 346 g/mol. The predicted molar refractivity (Wildman–Crippen MR) is 91.4 cm³/mol. The molecule has 0 atom stereocenters. The van der Waals surface area contributed by atoms with Gasteiger partial charge < -0.3 is 10.6 Å². The molecule has 0 saturated heterocycles. The van der Waals surface area contributed by atoms with Crippen molar-refractivity contribution in [2.45, 2.75) is 19.3 Å². The quantitative estimate of drug-likeness (QED) is 0.854. The highest BCUT2D eigenvalue weighted by atomic mass is 79.9. The number of benzene rings is 2. The van der Waals surface area contributed by atoms with E-state index in [1.165, 1.54) is 0 Å². The van der Waals surface area contributed by atoms with E-state index in [-0.39, 0.29) is 5.91 Å². The number of hydrogen-bond donors (Lipinski definition) is 1. The molecule has 2 rings (SSSR count). The van der Waals surface area contributed by atoms with Gasteiger partial charge in [0.2, 0.25) is 5.91 Å². The molecular formula is C17H19BrN2O. The zero-order valence-electron chi connectivity index (χ0n) is 12.4. The van der Waals surface area contributed by atoms with E-state index in [1.807, 2.05) is 56.3 Å². The van der Waals surface area contributed by atoms with Gasteiger partial charge in [0.25, 0.3) is 0 Å². The van der Waals surface area contributed by atoms with Crippen LogP contribution in [0.25, 0.3) is 0 Å². The maximum absolute atomic E-state index is 12.9. The lowest BCUT2D eigenvalue weighted by molar-refractivity contribution is -0.122. The second kappa shape index (κ2) is 5.90. The van der Waals surface area contributed by atoms with E-state index in [0.29, 0.717) is 11.4 Å². The van der Waals surface area contributed by atoms with E-state index < -0.39 is 5.41 Å². The number of nitrogens with two attached hydrogens (primary N) is 1. The summed E-state index contributed by atoms with van der Waals surface area (Å²) >= 11 is 3.38. The zero-order valence-corrected chi connectivity index (χ0v) is 14.0. The van der Waals surface area contributed by atoms with Crippen molar-refractivity contribution < 1.29 is 4.79 Å². The van der Waals surface area contributed by atoms with Gasteiger partial charge in [0.15, 0.2) is 0 Å². The van der Waals surface area contributed by atoms with Gasteiger partial charge in [-0.3, -0.25) is 4.79 Å². The fourth-order valence-corrected chi connectivity index (χ4v) is 2.72. The van der Waals surface area contributed by atoms with Gasteiger partial charge in [0.05, 0.1) is 16.8 Å². The van der Waals surface area contributed by atoms with E-state index in [2.05, 4.69) is 15.9 Å². The lowest BCUT2D eigenvalue weighted by Gasteiger charge is -2.30. The van der Waals surface area contributed by atoms with Crippen molar-refractivity contribution in [1.82, 2.24) is 0 Å². The van der Waals surface area contributed by atoms with E-state index in [1.54, 1.807) is 18.0 Å². The van der Waals surface area contributed by atoms with Gasteiger partial charge in [-0.1, -0.05) is 46.3 Å². The molecule has 2 aromatic carbocycles. The van der Waals surface area contributed by atoms with Crippen molar-refractivity contribution in [2.75, 3.05) is 17.7 Å². The number of nitrogens with zero attached hydrogens (tertiary/aromatic N) is 1. The Morgan fingerprint density at radius 1 is 1.14 bits per heavy atom. The molecule has 3 nitrogen and oxygen atoms in total. The first-order valence-electron chi connectivity index (χ1n) is 6.72. The van der Waals surface area contributed by atoms with E-state index in [9.17, 15) is 4.79 Å². The van der Waals surface area contributed by atoms with Crippen LogP contribution >= 0.6 is 15.9 Å². The highest BCUT2D eigenvalue weighted by Gasteiger charge is 2.33. The molecule has 0 fully saturated rings. The molecule has 0 unspecified atom stereocenters. The minimum Gasteiger partial charge on any atom is -0.397 e. The highest BCUT2D eigenvalue weighted by Crippen LogP contribution is 2.31. The molecule has 2 N–H and O–H groups in total. The maximum Gasteiger partial charge on any atom is 0.236 e. The molecule has 0 aliphatic rings. The summed E-state index contributed by atoms with van der Waals surface area (Å²) in [4.78, 5) is 14.5. The average Bonchev–Trinajstić information content (AvgIpc) is 2.46. The van der Waals surface area contributed by atoms with Crippen molar-refractivity contribution in [2.24, 2.45) is 0 Å². The fraction of sp³-hybridized carbons (Fsp3) is 0.235. The largest absolute Gasteiger partial charge is 0.397 e. The van der Waals surface area contributed by atoms with Crippen molar-refractivity contribution in [3.63, 3.8) is 0 Å². The summed E-state index contributed by atoms with van der Waals surface area (Å²) in [6, 6.07) is 15.3. The minimum absolute atomic E-state index is 0.00252. The van der Waals surface area contributed by atoms with Gasteiger partial charge >= 0.3 is 0 Å². The van der Waals surface area contributed by atoms with Gasteiger partial charge in [-0.05, 0) is 37.6 Å². The first-order chi connectivity index (χ1) is 9.84. The molecule has 0 radical (unpaired) electrons. The Kier molecular flexibility index (Phi) is 4.37. The van der Waals surface area contributed by atoms with Gasteiger partial charge in [0, 0.05) is 11.5 Å². The topological polar surface area (TPSA) is 46.3 Å². The van der Waals surface area contributed by atoms with Crippen LogP contribution in [0.2, 0.25) is 0 Å². The van der Waals surface area contributed by atoms with Crippen LogP contribution in [0.3, 0.4) is 0 Å². The SMILES string of the molecule is CN(C(=O)C(C)(C)c1ccccc1)c1ccc(Br)cc1N. The van der Waals surface area contributed by atoms with Crippen LogP contribution in [0, 0.1) is 0 Å². The lowest BCUT2D eigenvalue weighted by atomic mass is 9.83. The number of anilines is 2. The summed E-state index contributed by atoms with van der Waals surface area (Å²) < 4.78 is 0.895. The second-order valence-corrected chi connectivity index (χ2v) is 6.47. The van der Waals surface area contributed by atoms with Crippen LogP contribution in [0.4, 0.5) is 11.4 Å². The maximum atomic E-state index is 12.9. The van der Waals surface area contributed by atoms with Crippen LogP contribution in [0.5, 0.6) is 0 Å². The molecule has 21 heavy (non-hydrogen) atoms. The van der Waals surface area contributed by atoms with Crippen molar-refractivity contribution in [1.29, 1.82) is 0 Å². The van der Waals surface area contributed by atoms with Gasteiger partial charge in [-0.15, -0.1) is 0 Å². The summed E-state index contributed by atoms with van der Waals surface area (Å²) in [5.74, 6) is 0.00252. The van der Waals surface area contributed by atoms with Crippen molar-refractivity contribution in [3.05, 3.63) is 58.6 Å². The number of amides is 1. The fourth-order valence-electron chi connectivity index (χ4n) is 2.34. The van der Waals surface area contributed by atoms with Crippen molar-refractivity contribution >= 4 is 33.2 Å². The van der Waals surface area contributed by atoms with E-state index in [0.717, 1.165) is 10.0 Å². The summed E-state index contributed by atoms with van der Waals surface area (Å²) in [6.07, 6.45) is 0. The number of nitrogen functional groups attached to an aromatic ring is 1. The highest BCUT2D eigenvalue weighted by molar-refractivity contribution is 9.10. The third-order valence-electron chi connectivity index (χ3n) is 3.69. The number of likely N-dealkylation sites (N-methyl/N-ethyl adjacent to an activating group) is 1. The normalized spacial score (nSPS) is 11.2. The third-order valence-corrected chi connectivity index (χ3v) is 4.18. The zero-order chi connectivity index (χ0) is 15.6. The van der Waals surface area contributed by atoms with Gasteiger partial charge in [0.1, 0.15) is 0 Å². The molecule has 0 aliphatic heterocycles. The molecule has 4 heteroatoms. The summed E-state index contributed by atoms with van der Waals surface area (Å²) in [6.45, 7) is 3.85. The van der Waals surface area contributed by atoms with Crippen LogP contribution in [-0.2, 0) is 10.2 Å². The second-order valence-electron chi connectivity index (χ2n) is 5.56. The van der Waals surface area contributed by atoms with E-state index >= 15 is 0 Å². The third kappa shape index (κ3) is 3.10. The number of hydrogen-bond acceptors (Lipinski definition) is 2. The predicted octanol–water partition coefficient (Wildman–Crippen LogP) is 3.97. The average molecular weight is 347 g/mol. The molecule has 1 amide bonds. The van der Waals surface area contributed by atoms with Crippen LogP contribution in [0.1, 0.15) is 19.4 Å². The lowest BCUT2D eigenvalue weighted by Crippen LogP contribution is -2.41. The molecule has 0 bridgehead atoms. The minimum atomic E-state index is -0.616. The molecule has 0 aromatic heterocycles. The molecule has 0 saturated carbocycles. The molecule has 0 heterocycles.